The van der Waals surface area contributed by atoms with Crippen molar-refractivity contribution in [3.8, 4) is 0 Å². The molecule has 160 valence electrons. The van der Waals surface area contributed by atoms with E-state index in [-0.39, 0.29) is 6.10 Å². The van der Waals surface area contributed by atoms with Crippen LogP contribution >= 0.6 is 11.6 Å². The number of halogens is 3. The van der Waals surface area contributed by atoms with Gasteiger partial charge in [-0.25, -0.2) is 8.78 Å². The Labute approximate surface area is 180 Å². The second-order valence-electron chi connectivity index (χ2n) is 7.97. The average Bonchev–Trinajstić information content (AvgIpc) is 2.64. The fraction of sp³-hybridized carbons (Fsp3) is 0.500. The Morgan fingerprint density at radius 3 is 1.90 bits per heavy atom. The van der Waals surface area contributed by atoms with Gasteiger partial charge in [-0.05, 0) is 97.8 Å². The summed E-state index contributed by atoms with van der Waals surface area (Å²) in [5.74, 6) is -1.04. The Kier molecular flexibility index (Phi) is 8.86. The molecule has 0 aliphatic carbocycles. The third-order valence-electron chi connectivity index (χ3n) is 6.06. The molecule has 0 amide bonds. The van der Waals surface area contributed by atoms with E-state index in [1.165, 1.54) is 17.7 Å². The number of rotatable bonds is 10. The SMILES string of the molecule is CC[Si](CC)(CC)OC(CCCc1cc(F)cc(F)c1)c1c(C)cc(Cl)cc1C. The van der Waals surface area contributed by atoms with Crippen molar-refractivity contribution in [1.82, 2.24) is 0 Å². The lowest BCUT2D eigenvalue weighted by Crippen LogP contribution is -2.37. The van der Waals surface area contributed by atoms with Crippen molar-refractivity contribution in [2.75, 3.05) is 0 Å². The maximum absolute atomic E-state index is 13.5. The Morgan fingerprint density at radius 1 is 0.897 bits per heavy atom. The first kappa shape index (κ1) is 24.0. The van der Waals surface area contributed by atoms with Crippen molar-refractivity contribution in [1.29, 1.82) is 0 Å². The Balaban J connectivity index is 2.27. The molecular formula is C24H33ClF2OSi. The summed E-state index contributed by atoms with van der Waals surface area (Å²) < 4.78 is 33.9. The lowest BCUT2D eigenvalue weighted by molar-refractivity contribution is 0.175. The van der Waals surface area contributed by atoms with Crippen LogP contribution in [0.5, 0.6) is 0 Å². The highest BCUT2D eigenvalue weighted by Gasteiger charge is 2.33. The average molecular weight is 439 g/mol. The highest BCUT2D eigenvalue weighted by atomic mass is 35.5. The molecule has 1 nitrogen and oxygen atoms in total. The van der Waals surface area contributed by atoms with E-state index in [0.717, 1.165) is 53.2 Å². The van der Waals surface area contributed by atoms with E-state index in [0.29, 0.717) is 12.0 Å². The van der Waals surface area contributed by atoms with Crippen LogP contribution in [0.3, 0.4) is 0 Å². The number of aryl methyl sites for hydroxylation is 3. The minimum Gasteiger partial charge on any atom is -0.410 e. The first-order valence-corrected chi connectivity index (χ1v) is 13.5. The van der Waals surface area contributed by atoms with Crippen molar-refractivity contribution in [3.63, 3.8) is 0 Å². The van der Waals surface area contributed by atoms with Gasteiger partial charge < -0.3 is 4.43 Å². The molecule has 0 aromatic heterocycles. The molecule has 0 heterocycles. The van der Waals surface area contributed by atoms with Gasteiger partial charge in [-0.15, -0.1) is 0 Å². The quantitative estimate of drug-likeness (QED) is 0.339. The minimum absolute atomic E-state index is 0.0165. The molecule has 0 radical (unpaired) electrons. The van der Waals surface area contributed by atoms with Crippen LogP contribution in [0.1, 0.15) is 62.0 Å². The van der Waals surface area contributed by atoms with E-state index in [9.17, 15) is 8.78 Å². The van der Waals surface area contributed by atoms with Gasteiger partial charge in [0.05, 0.1) is 6.10 Å². The molecule has 0 spiro atoms. The molecule has 2 aromatic rings. The van der Waals surface area contributed by atoms with Gasteiger partial charge in [-0.2, -0.15) is 0 Å². The number of benzene rings is 2. The van der Waals surface area contributed by atoms with E-state index in [2.05, 4.69) is 34.6 Å². The molecule has 29 heavy (non-hydrogen) atoms. The fourth-order valence-electron chi connectivity index (χ4n) is 4.24. The molecule has 0 N–H and O–H groups in total. The molecule has 0 bridgehead atoms. The smallest absolute Gasteiger partial charge is 0.192 e. The highest BCUT2D eigenvalue weighted by molar-refractivity contribution is 6.73. The molecule has 0 aliphatic rings. The van der Waals surface area contributed by atoms with Crippen LogP contribution < -0.4 is 0 Å². The van der Waals surface area contributed by atoms with Crippen LogP contribution in [0.2, 0.25) is 23.2 Å². The summed E-state index contributed by atoms with van der Waals surface area (Å²) >= 11 is 6.25. The van der Waals surface area contributed by atoms with Gasteiger partial charge in [0.25, 0.3) is 0 Å². The van der Waals surface area contributed by atoms with Crippen LogP contribution in [-0.4, -0.2) is 8.32 Å². The molecule has 2 rings (SSSR count). The predicted molar refractivity (Wildman–Crippen MR) is 121 cm³/mol. The van der Waals surface area contributed by atoms with E-state index in [4.69, 9.17) is 16.0 Å². The first-order valence-electron chi connectivity index (χ1n) is 10.6. The molecule has 0 fully saturated rings. The molecule has 5 heteroatoms. The third-order valence-corrected chi connectivity index (χ3v) is 10.9. The van der Waals surface area contributed by atoms with E-state index >= 15 is 0 Å². The van der Waals surface area contributed by atoms with Crippen LogP contribution in [0.25, 0.3) is 0 Å². The third kappa shape index (κ3) is 6.37. The molecule has 0 saturated carbocycles. The van der Waals surface area contributed by atoms with Gasteiger partial charge in [0.15, 0.2) is 8.32 Å². The van der Waals surface area contributed by atoms with Crippen LogP contribution in [0.4, 0.5) is 8.78 Å². The van der Waals surface area contributed by atoms with Crippen molar-refractivity contribution in [2.24, 2.45) is 0 Å². The molecule has 0 saturated heterocycles. The highest BCUT2D eigenvalue weighted by Crippen LogP contribution is 2.37. The van der Waals surface area contributed by atoms with Crippen molar-refractivity contribution < 1.29 is 13.2 Å². The topological polar surface area (TPSA) is 9.23 Å². The zero-order valence-corrected chi connectivity index (χ0v) is 20.0. The summed E-state index contributed by atoms with van der Waals surface area (Å²) in [5.41, 5.74) is 4.19. The summed E-state index contributed by atoms with van der Waals surface area (Å²) in [5, 5.41) is 0.739. The van der Waals surface area contributed by atoms with Crippen LogP contribution in [0, 0.1) is 25.5 Å². The van der Waals surface area contributed by atoms with E-state index in [1.54, 1.807) is 0 Å². The first-order chi connectivity index (χ1) is 13.7. The maximum Gasteiger partial charge on any atom is 0.192 e. The summed E-state index contributed by atoms with van der Waals surface area (Å²) in [6.07, 6.45) is 2.23. The van der Waals surface area contributed by atoms with Gasteiger partial charge in [0, 0.05) is 11.1 Å². The Morgan fingerprint density at radius 2 is 1.41 bits per heavy atom. The summed E-state index contributed by atoms with van der Waals surface area (Å²) in [6.45, 7) is 10.9. The molecule has 1 atom stereocenters. The van der Waals surface area contributed by atoms with Gasteiger partial charge in [0.1, 0.15) is 11.6 Å². The Bertz CT molecular complexity index is 769. The summed E-state index contributed by atoms with van der Waals surface area (Å²) in [7, 11) is -1.82. The summed E-state index contributed by atoms with van der Waals surface area (Å²) in [4.78, 5) is 0. The Hall–Kier alpha value is -1.23. The second kappa shape index (κ2) is 10.7. The van der Waals surface area contributed by atoms with Gasteiger partial charge in [-0.1, -0.05) is 32.4 Å². The van der Waals surface area contributed by atoms with Crippen molar-refractivity contribution in [3.05, 3.63) is 69.2 Å². The normalized spacial score (nSPS) is 13.0. The monoisotopic (exact) mass is 438 g/mol. The predicted octanol–water partition coefficient (Wildman–Crippen LogP) is 8.32. The lowest BCUT2D eigenvalue weighted by atomic mass is 9.94. The number of hydrogen-bond acceptors (Lipinski definition) is 1. The van der Waals surface area contributed by atoms with Crippen molar-refractivity contribution >= 4 is 19.9 Å². The zero-order valence-electron chi connectivity index (χ0n) is 18.2. The fourth-order valence-corrected chi connectivity index (χ4v) is 7.41. The van der Waals surface area contributed by atoms with Crippen LogP contribution in [-0.2, 0) is 10.8 Å². The van der Waals surface area contributed by atoms with Gasteiger partial charge in [0.2, 0.25) is 0 Å². The summed E-state index contributed by atoms with van der Waals surface area (Å²) in [6, 6.07) is 11.0. The van der Waals surface area contributed by atoms with E-state index in [1.807, 2.05) is 12.1 Å². The minimum atomic E-state index is -1.82. The maximum atomic E-state index is 13.5. The molecule has 1 unspecified atom stereocenters. The lowest BCUT2D eigenvalue weighted by Gasteiger charge is -2.35. The van der Waals surface area contributed by atoms with Gasteiger partial charge in [-0.3, -0.25) is 0 Å². The standard InChI is InChI=1S/C24H33ClF2OSi/c1-6-29(7-2,8-3)28-23(24-17(4)12-20(25)13-18(24)5)11-9-10-19-14-21(26)16-22(27)15-19/h12-16,23H,6-11H2,1-5H3. The van der Waals surface area contributed by atoms with Gasteiger partial charge >= 0.3 is 0 Å². The van der Waals surface area contributed by atoms with Crippen LogP contribution in [0.15, 0.2) is 30.3 Å². The second-order valence-corrected chi connectivity index (χ2v) is 13.1. The molecule has 0 aliphatic heterocycles. The zero-order chi connectivity index (χ0) is 21.6. The largest absolute Gasteiger partial charge is 0.410 e. The molecular weight excluding hydrogens is 406 g/mol. The van der Waals surface area contributed by atoms with E-state index < -0.39 is 20.0 Å². The van der Waals surface area contributed by atoms with Crippen molar-refractivity contribution in [2.45, 2.75) is 78.1 Å². The molecule has 2 aromatic carbocycles. The number of hydrogen-bond donors (Lipinski definition) is 0.